The smallest absolute Gasteiger partial charge is 0.243 e. The molecule has 23 heavy (non-hydrogen) atoms. The molecule has 3 aliphatic heterocycles. The predicted molar refractivity (Wildman–Crippen MR) is 90.2 cm³/mol. The quantitative estimate of drug-likeness (QED) is 0.482. The molecule has 2 unspecified atom stereocenters. The molecule has 1 aromatic rings. The summed E-state index contributed by atoms with van der Waals surface area (Å²) in [6, 6.07) is 6.53. The summed E-state index contributed by atoms with van der Waals surface area (Å²) in [6.45, 7) is 2.68. The fourth-order valence-electron chi connectivity index (χ4n) is 3.45. The lowest BCUT2D eigenvalue weighted by Gasteiger charge is -2.32. The van der Waals surface area contributed by atoms with Crippen LogP contribution >= 0.6 is 12.6 Å². The van der Waals surface area contributed by atoms with Gasteiger partial charge in [-0.25, -0.2) is 0 Å². The number of amides is 2. The molecule has 0 aromatic heterocycles. The second-order valence-electron chi connectivity index (χ2n) is 6.43. The third kappa shape index (κ3) is 2.73. The maximum atomic E-state index is 12.1. The number of benzene rings is 1. The van der Waals surface area contributed by atoms with Gasteiger partial charge in [-0.15, -0.1) is 0 Å². The monoisotopic (exact) mass is 332 g/mol. The van der Waals surface area contributed by atoms with Crippen molar-refractivity contribution < 1.29 is 9.59 Å². The normalized spacial score (nSPS) is 28.2. The third-order valence-corrected chi connectivity index (χ3v) is 5.43. The van der Waals surface area contributed by atoms with E-state index in [1.54, 1.807) is 0 Å². The maximum Gasteiger partial charge on any atom is 0.243 e. The molecular formula is C16H20N4O2S. The summed E-state index contributed by atoms with van der Waals surface area (Å²) in [5.74, 6) is -0.383. The highest BCUT2D eigenvalue weighted by molar-refractivity contribution is 7.80. The Morgan fingerprint density at radius 2 is 2.09 bits per heavy atom. The number of hydrogen-bond acceptors (Lipinski definition) is 6. The molecule has 0 saturated carbocycles. The van der Waals surface area contributed by atoms with E-state index in [0.717, 1.165) is 24.3 Å². The Morgan fingerprint density at radius 1 is 1.26 bits per heavy atom. The van der Waals surface area contributed by atoms with Crippen LogP contribution in [0.2, 0.25) is 0 Å². The van der Waals surface area contributed by atoms with Crippen molar-refractivity contribution in [2.24, 2.45) is 0 Å². The van der Waals surface area contributed by atoms with Gasteiger partial charge in [0.1, 0.15) is 0 Å². The number of imide groups is 1. The van der Waals surface area contributed by atoms with E-state index in [2.05, 4.69) is 39.0 Å². The highest BCUT2D eigenvalue weighted by Gasteiger charge is 2.39. The maximum absolute atomic E-state index is 12.1. The molecule has 0 radical (unpaired) electrons. The molecule has 0 aliphatic carbocycles. The molecule has 3 aliphatic rings. The van der Waals surface area contributed by atoms with E-state index in [1.807, 2.05) is 0 Å². The van der Waals surface area contributed by atoms with E-state index in [0.29, 0.717) is 25.4 Å². The first-order chi connectivity index (χ1) is 11.1. The van der Waals surface area contributed by atoms with E-state index < -0.39 is 0 Å². The summed E-state index contributed by atoms with van der Waals surface area (Å²) in [5, 5.41) is 9.08. The Kier molecular flexibility index (Phi) is 3.79. The number of carbonyl (C=O) groups is 2. The molecule has 2 amide bonds. The van der Waals surface area contributed by atoms with Crippen molar-refractivity contribution in [3.8, 4) is 0 Å². The zero-order valence-corrected chi connectivity index (χ0v) is 13.6. The summed E-state index contributed by atoms with van der Waals surface area (Å²) >= 11 is 4.70. The van der Waals surface area contributed by atoms with Crippen LogP contribution in [0.15, 0.2) is 18.2 Å². The number of piperidine rings is 1. The van der Waals surface area contributed by atoms with Crippen molar-refractivity contribution in [3.05, 3.63) is 29.3 Å². The zero-order chi connectivity index (χ0) is 16.0. The number of thiol groups is 1. The van der Waals surface area contributed by atoms with Crippen LogP contribution in [0.1, 0.15) is 29.3 Å². The molecule has 122 valence electrons. The second kappa shape index (κ2) is 5.81. The largest absolute Gasteiger partial charge is 0.380 e. The molecule has 4 rings (SSSR count). The zero-order valence-electron chi connectivity index (χ0n) is 12.7. The third-order valence-electron chi connectivity index (χ3n) is 4.85. The molecule has 6 nitrogen and oxygen atoms in total. The molecule has 2 saturated heterocycles. The van der Waals surface area contributed by atoms with Crippen molar-refractivity contribution in [2.75, 3.05) is 18.4 Å². The van der Waals surface area contributed by atoms with Gasteiger partial charge in [-0.3, -0.25) is 19.8 Å². The molecule has 3 N–H and O–H groups in total. The molecule has 1 aromatic carbocycles. The van der Waals surface area contributed by atoms with Gasteiger partial charge in [0, 0.05) is 31.7 Å². The second-order valence-corrected chi connectivity index (χ2v) is 6.92. The number of rotatable bonds is 3. The van der Waals surface area contributed by atoms with Crippen LogP contribution in [0.3, 0.4) is 0 Å². The average Bonchev–Trinajstić information content (AvgIpc) is 2.80. The van der Waals surface area contributed by atoms with Crippen LogP contribution < -0.4 is 16.0 Å². The van der Waals surface area contributed by atoms with Crippen molar-refractivity contribution in [2.45, 2.75) is 36.8 Å². The minimum Gasteiger partial charge on any atom is -0.380 e. The Morgan fingerprint density at radius 3 is 2.78 bits per heavy atom. The summed E-state index contributed by atoms with van der Waals surface area (Å²) in [7, 11) is 0. The van der Waals surface area contributed by atoms with E-state index in [9.17, 15) is 9.59 Å². The van der Waals surface area contributed by atoms with Gasteiger partial charge in [0.05, 0.1) is 17.5 Å². The van der Waals surface area contributed by atoms with Crippen molar-refractivity contribution in [1.29, 1.82) is 0 Å². The highest BCUT2D eigenvalue weighted by atomic mass is 32.1. The van der Waals surface area contributed by atoms with Gasteiger partial charge in [-0.05, 0) is 29.7 Å². The van der Waals surface area contributed by atoms with Crippen LogP contribution in [0, 0.1) is 0 Å². The van der Waals surface area contributed by atoms with Gasteiger partial charge in [-0.2, -0.15) is 12.6 Å². The van der Waals surface area contributed by atoms with Crippen LogP contribution in [0.5, 0.6) is 0 Å². The summed E-state index contributed by atoms with van der Waals surface area (Å²) < 4.78 is 0. The first-order valence-electron chi connectivity index (χ1n) is 7.99. The summed E-state index contributed by atoms with van der Waals surface area (Å²) in [4.78, 5) is 25.5. The number of carbonyl (C=O) groups excluding carboxylic acids is 2. The number of fused-ring (bicyclic) bond motifs is 1. The van der Waals surface area contributed by atoms with Gasteiger partial charge in [0.2, 0.25) is 11.8 Å². The fourth-order valence-corrected chi connectivity index (χ4v) is 3.95. The first-order valence-corrected chi connectivity index (χ1v) is 8.51. The lowest BCUT2D eigenvalue weighted by molar-refractivity contribution is -0.137. The van der Waals surface area contributed by atoms with E-state index in [1.165, 1.54) is 5.56 Å². The molecule has 0 bridgehead atoms. The molecular weight excluding hydrogens is 312 g/mol. The average molecular weight is 332 g/mol. The first kappa shape index (κ1) is 15.0. The van der Waals surface area contributed by atoms with Crippen LogP contribution in [-0.4, -0.2) is 41.9 Å². The van der Waals surface area contributed by atoms with E-state index in [4.69, 9.17) is 12.6 Å². The van der Waals surface area contributed by atoms with Crippen molar-refractivity contribution in [3.63, 3.8) is 0 Å². The van der Waals surface area contributed by atoms with Gasteiger partial charge < -0.3 is 10.6 Å². The van der Waals surface area contributed by atoms with Gasteiger partial charge in [0.25, 0.3) is 0 Å². The summed E-state index contributed by atoms with van der Waals surface area (Å²) in [5.41, 5.74) is 3.46. The SMILES string of the molecule is O=C1CCC(N2Cc3cc(NC4CNC4)ccc3C2S)C(=O)N1. The standard InChI is InChI=1S/C16H20N4O2S/c21-14-4-3-13(15(22)19-14)20-8-9-5-10(18-11-6-17-7-11)1-2-12(9)16(20)23/h1-2,5,11,13,16-18,23H,3-4,6-8H2,(H,19,21,22). The summed E-state index contributed by atoms with van der Waals surface area (Å²) in [6.07, 6.45) is 0.958. The Balaban J connectivity index is 1.51. The molecule has 2 atom stereocenters. The highest BCUT2D eigenvalue weighted by Crippen LogP contribution is 2.40. The van der Waals surface area contributed by atoms with Crippen molar-refractivity contribution in [1.82, 2.24) is 15.5 Å². The lowest BCUT2D eigenvalue weighted by atomic mass is 10.0. The Labute approximate surface area is 140 Å². The molecule has 7 heteroatoms. The number of anilines is 1. The van der Waals surface area contributed by atoms with Crippen LogP contribution in [0.25, 0.3) is 0 Å². The minimum atomic E-state index is -0.283. The topological polar surface area (TPSA) is 73.5 Å². The Bertz CT molecular complexity index is 661. The van der Waals surface area contributed by atoms with Gasteiger partial charge in [-0.1, -0.05) is 6.07 Å². The van der Waals surface area contributed by atoms with E-state index in [-0.39, 0.29) is 23.2 Å². The van der Waals surface area contributed by atoms with E-state index >= 15 is 0 Å². The number of nitrogens with one attached hydrogen (secondary N) is 3. The Hall–Kier alpha value is -1.57. The number of nitrogens with zero attached hydrogens (tertiary/aromatic N) is 1. The number of hydrogen-bond donors (Lipinski definition) is 4. The van der Waals surface area contributed by atoms with Gasteiger partial charge in [0.15, 0.2) is 0 Å². The predicted octanol–water partition coefficient (Wildman–Crippen LogP) is 0.619. The lowest BCUT2D eigenvalue weighted by Crippen LogP contribution is -2.51. The molecule has 3 heterocycles. The molecule has 0 spiro atoms. The van der Waals surface area contributed by atoms with Gasteiger partial charge >= 0.3 is 0 Å². The minimum absolute atomic E-state index is 0.103. The van der Waals surface area contributed by atoms with Crippen molar-refractivity contribution >= 4 is 30.1 Å². The van der Waals surface area contributed by atoms with Crippen LogP contribution in [-0.2, 0) is 16.1 Å². The fraction of sp³-hybridized carbons (Fsp3) is 0.500. The molecule has 2 fully saturated rings. The van der Waals surface area contributed by atoms with Crippen LogP contribution in [0.4, 0.5) is 5.69 Å².